The lowest BCUT2D eigenvalue weighted by molar-refractivity contribution is -0.383. The van der Waals surface area contributed by atoms with Crippen molar-refractivity contribution in [2.45, 2.75) is 13.5 Å². The van der Waals surface area contributed by atoms with Crippen LogP contribution in [-0.4, -0.2) is 26.7 Å². The average molecular weight is 311 g/mol. The van der Waals surface area contributed by atoms with Crippen molar-refractivity contribution in [3.8, 4) is 0 Å². The second-order valence-corrected chi connectivity index (χ2v) is 5.59. The highest BCUT2D eigenvalue weighted by Crippen LogP contribution is 2.32. The van der Waals surface area contributed by atoms with Crippen molar-refractivity contribution in [1.82, 2.24) is 14.8 Å². The molecule has 0 saturated carbocycles. The summed E-state index contributed by atoms with van der Waals surface area (Å²) in [4.78, 5) is 17.3. The van der Waals surface area contributed by atoms with Crippen LogP contribution in [0.25, 0.3) is 10.9 Å². The smallest absolute Gasteiger partial charge is 0.295 e. The van der Waals surface area contributed by atoms with Gasteiger partial charge in [0.25, 0.3) is 5.69 Å². The Hall–Kier alpha value is -2.96. The summed E-state index contributed by atoms with van der Waals surface area (Å²) < 4.78 is 1.75. The lowest BCUT2D eigenvalue weighted by atomic mass is 10.1. The molecule has 3 rings (SSSR count). The van der Waals surface area contributed by atoms with Crippen molar-refractivity contribution in [3.05, 3.63) is 58.0 Å². The molecule has 2 aromatic heterocycles. The van der Waals surface area contributed by atoms with Crippen LogP contribution in [0.2, 0.25) is 0 Å². The molecule has 0 unspecified atom stereocenters. The van der Waals surface area contributed by atoms with Gasteiger partial charge in [0.1, 0.15) is 0 Å². The number of rotatable bonds is 4. The summed E-state index contributed by atoms with van der Waals surface area (Å²) in [5.41, 5.74) is 3.19. The van der Waals surface area contributed by atoms with E-state index in [-0.39, 0.29) is 10.6 Å². The van der Waals surface area contributed by atoms with Crippen LogP contribution in [0.4, 0.5) is 11.4 Å². The van der Waals surface area contributed by atoms with Gasteiger partial charge in [-0.05, 0) is 13.0 Å². The molecule has 0 bridgehead atoms. The summed E-state index contributed by atoms with van der Waals surface area (Å²) in [7, 11) is 3.83. The van der Waals surface area contributed by atoms with Gasteiger partial charge in [-0.25, -0.2) is 4.98 Å². The Balaban J connectivity index is 2.09. The number of nitrogens with zero attached hydrogens (tertiary/aromatic N) is 5. The fraction of sp³-hybridized carbons (Fsp3) is 0.250. The number of hydrogen-bond acceptors (Lipinski definition) is 5. The summed E-state index contributed by atoms with van der Waals surface area (Å²) in [5, 5.41) is 16.2. The van der Waals surface area contributed by atoms with Crippen LogP contribution >= 0.6 is 0 Å². The lowest BCUT2D eigenvalue weighted by Crippen LogP contribution is -2.17. The molecule has 0 aliphatic rings. The van der Waals surface area contributed by atoms with Crippen molar-refractivity contribution in [2.75, 3.05) is 11.9 Å². The molecule has 118 valence electrons. The molecule has 7 nitrogen and oxygen atoms in total. The van der Waals surface area contributed by atoms with Gasteiger partial charge in [-0.2, -0.15) is 5.10 Å². The van der Waals surface area contributed by atoms with E-state index in [1.165, 1.54) is 6.07 Å². The second kappa shape index (κ2) is 5.68. The molecule has 23 heavy (non-hydrogen) atoms. The third-order valence-electron chi connectivity index (χ3n) is 3.71. The van der Waals surface area contributed by atoms with E-state index in [2.05, 4.69) is 15.0 Å². The van der Waals surface area contributed by atoms with Gasteiger partial charge < -0.3 is 4.90 Å². The minimum atomic E-state index is -0.389. The molecule has 2 heterocycles. The van der Waals surface area contributed by atoms with E-state index in [1.807, 2.05) is 45.5 Å². The van der Waals surface area contributed by atoms with Crippen LogP contribution < -0.4 is 4.90 Å². The van der Waals surface area contributed by atoms with Gasteiger partial charge >= 0.3 is 0 Å². The Morgan fingerprint density at radius 2 is 2.17 bits per heavy atom. The van der Waals surface area contributed by atoms with Crippen LogP contribution in [0.1, 0.15) is 11.3 Å². The van der Waals surface area contributed by atoms with Crippen molar-refractivity contribution < 1.29 is 4.92 Å². The summed E-state index contributed by atoms with van der Waals surface area (Å²) in [6.45, 7) is 2.51. The zero-order valence-electron chi connectivity index (χ0n) is 13.2. The van der Waals surface area contributed by atoms with E-state index in [4.69, 9.17) is 0 Å². The van der Waals surface area contributed by atoms with Gasteiger partial charge in [-0.3, -0.25) is 14.8 Å². The highest BCUT2D eigenvalue weighted by atomic mass is 16.6. The molecular weight excluding hydrogens is 294 g/mol. The highest BCUT2D eigenvalue weighted by molar-refractivity contribution is 5.97. The summed E-state index contributed by atoms with van der Waals surface area (Å²) in [6.07, 6.45) is 3.77. The minimum absolute atomic E-state index is 0.0298. The monoisotopic (exact) mass is 311 g/mol. The number of benzene rings is 1. The predicted octanol–water partition coefficient (Wildman–Crippen LogP) is 2.82. The van der Waals surface area contributed by atoms with Crippen LogP contribution in [0.15, 0.2) is 36.7 Å². The first-order chi connectivity index (χ1) is 11.0. The maximum atomic E-state index is 11.2. The Kier molecular flexibility index (Phi) is 3.69. The van der Waals surface area contributed by atoms with Crippen molar-refractivity contribution in [1.29, 1.82) is 0 Å². The molecule has 0 N–H and O–H groups in total. The van der Waals surface area contributed by atoms with Crippen LogP contribution in [0.3, 0.4) is 0 Å². The fourth-order valence-electron chi connectivity index (χ4n) is 2.72. The normalized spacial score (nSPS) is 10.9. The van der Waals surface area contributed by atoms with Gasteiger partial charge in [0, 0.05) is 55.2 Å². The highest BCUT2D eigenvalue weighted by Gasteiger charge is 2.17. The number of nitro benzene ring substituents is 1. The van der Waals surface area contributed by atoms with Gasteiger partial charge in [-0.1, -0.05) is 12.1 Å². The van der Waals surface area contributed by atoms with Gasteiger partial charge in [-0.15, -0.1) is 0 Å². The van der Waals surface area contributed by atoms with Crippen LogP contribution in [0, 0.1) is 17.0 Å². The Morgan fingerprint density at radius 1 is 1.39 bits per heavy atom. The molecule has 0 radical (unpaired) electrons. The van der Waals surface area contributed by atoms with Crippen molar-refractivity contribution in [3.63, 3.8) is 0 Å². The summed E-state index contributed by atoms with van der Waals surface area (Å²) in [6, 6.07) is 6.99. The van der Waals surface area contributed by atoms with E-state index in [0.717, 1.165) is 22.3 Å². The molecule has 3 aromatic rings. The first kappa shape index (κ1) is 15.0. The van der Waals surface area contributed by atoms with E-state index in [0.29, 0.717) is 12.1 Å². The number of non-ortho nitro benzene ring substituents is 1. The predicted molar refractivity (Wildman–Crippen MR) is 88.4 cm³/mol. The van der Waals surface area contributed by atoms with Crippen LogP contribution in [0.5, 0.6) is 0 Å². The van der Waals surface area contributed by atoms with E-state index in [9.17, 15) is 10.1 Å². The second-order valence-electron chi connectivity index (χ2n) is 5.59. The molecule has 1 aromatic carbocycles. The minimum Gasteiger partial charge on any atom is -0.370 e. The maximum absolute atomic E-state index is 11.2. The van der Waals surface area contributed by atoms with E-state index in [1.54, 1.807) is 10.7 Å². The Morgan fingerprint density at radius 3 is 2.83 bits per heavy atom. The summed E-state index contributed by atoms with van der Waals surface area (Å²) >= 11 is 0. The van der Waals surface area contributed by atoms with Gasteiger partial charge in [0.15, 0.2) is 5.52 Å². The number of nitro groups is 1. The number of fused-ring (bicyclic) bond motifs is 1. The molecule has 0 spiro atoms. The molecule has 0 atom stereocenters. The van der Waals surface area contributed by atoms with Gasteiger partial charge in [0.05, 0.1) is 11.1 Å². The molecule has 0 aliphatic carbocycles. The standard InChI is InChI=1S/C16H17N5O2/c1-11-7-15(19(2)9-12-8-17-20(3)10-12)13-5-4-6-14(21(22)23)16(13)18-11/h4-8,10H,9H2,1-3H3. The van der Waals surface area contributed by atoms with Gasteiger partial charge in [0.2, 0.25) is 0 Å². The molecule has 0 saturated heterocycles. The molecule has 0 amide bonds. The largest absolute Gasteiger partial charge is 0.370 e. The molecule has 0 fully saturated rings. The first-order valence-electron chi connectivity index (χ1n) is 7.19. The maximum Gasteiger partial charge on any atom is 0.295 e. The fourth-order valence-corrected chi connectivity index (χ4v) is 2.72. The number of para-hydroxylation sites is 1. The Bertz CT molecular complexity index is 887. The number of anilines is 1. The quantitative estimate of drug-likeness (QED) is 0.547. The number of aromatic nitrogens is 3. The number of aryl methyl sites for hydroxylation is 2. The summed E-state index contributed by atoms with van der Waals surface area (Å²) in [5.74, 6) is 0. The SMILES string of the molecule is Cc1cc(N(C)Cc2cnn(C)c2)c2cccc([N+](=O)[O-])c2n1. The van der Waals surface area contributed by atoms with Crippen molar-refractivity contribution >= 4 is 22.3 Å². The van der Waals surface area contributed by atoms with Crippen molar-refractivity contribution in [2.24, 2.45) is 7.05 Å². The topological polar surface area (TPSA) is 77.1 Å². The zero-order chi connectivity index (χ0) is 16.6. The molecule has 0 aliphatic heterocycles. The zero-order valence-corrected chi connectivity index (χ0v) is 13.2. The third kappa shape index (κ3) is 2.85. The van der Waals surface area contributed by atoms with E-state index >= 15 is 0 Å². The lowest BCUT2D eigenvalue weighted by Gasteiger charge is -2.21. The number of hydrogen-bond donors (Lipinski definition) is 0. The first-order valence-corrected chi connectivity index (χ1v) is 7.19. The average Bonchev–Trinajstić information content (AvgIpc) is 2.90. The molecular formula is C16H17N5O2. The molecule has 7 heteroatoms. The third-order valence-corrected chi connectivity index (χ3v) is 3.71. The van der Waals surface area contributed by atoms with E-state index < -0.39 is 0 Å². The number of pyridine rings is 1. The Labute approximate surface area is 133 Å². The van der Waals surface area contributed by atoms with Crippen LogP contribution in [-0.2, 0) is 13.6 Å².